The fourth-order valence-corrected chi connectivity index (χ4v) is 5.55. The van der Waals surface area contributed by atoms with Gasteiger partial charge in [0.25, 0.3) is 23.9 Å². The zero-order chi connectivity index (χ0) is 41.4. The molecule has 0 aromatic carbocycles. The van der Waals surface area contributed by atoms with E-state index in [1.165, 1.54) is 0 Å². The Balaban J connectivity index is -0.000000972. The zero-order valence-corrected chi connectivity index (χ0v) is 41.2. The van der Waals surface area contributed by atoms with E-state index < -0.39 is 160 Å². The van der Waals surface area contributed by atoms with Crippen LogP contribution in [0.2, 0.25) is 0 Å². The van der Waals surface area contributed by atoms with Gasteiger partial charge in [-0.2, -0.15) is 0 Å². The Hall–Kier alpha value is -0.190. The summed E-state index contributed by atoms with van der Waals surface area (Å²) in [6, 6.07) is -8.35. The van der Waals surface area contributed by atoms with Gasteiger partial charge < -0.3 is 108 Å². The van der Waals surface area contributed by atoms with Crippen molar-refractivity contribution >= 4 is 23.9 Å². The topological polar surface area (TPSA) is 456 Å². The van der Waals surface area contributed by atoms with Crippen LogP contribution in [0, 0.1) is 0 Å². The number of aliphatic carboxylic acids is 4. The summed E-state index contributed by atoms with van der Waals surface area (Å²) in [7, 11) is 0. The van der Waals surface area contributed by atoms with Crippen molar-refractivity contribution in [1.29, 1.82) is 0 Å². The zero-order valence-electron chi connectivity index (χ0n) is 30.4. The van der Waals surface area contributed by atoms with E-state index in [0.29, 0.717) is 0 Å². The van der Waals surface area contributed by atoms with Crippen LogP contribution in [0.5, 0.6) is 0 Å². The molecule has 25 nitrogen and oxygen atoms in total. The molecule has 328 valence electrons. The van der Waals surface area contributed by atoms with Gasteiger partial charge in [-0.1, -0.05) is 43.2 Å². The van der Waals surface area contributed by atoms with Crippen LogP contribution < -0.4 is 0 Å². The molecule has 10 unspecified atom stereocenters. The summed E-state index contributed by atoms with van der Waals surface area (Å²) < 4.78 is 0. The predicted molar refractivity (Wildman–Crippen MR) is 180 cm³/mol. The fraction of sp³-hybridized carbons (Fsp3) is 0.862. The van der Waals surface area contributed by atoms with Crippen molar-refractivity contribution in [3.05, 3.63) is 31.9 Å². The molecule has 15 N–H and O–H groups in total. The third-order valence-corrected chi connectivity index (χ3v) is 8.45. The minimum absolute atomic E-state index is 0. The van der Waals surface area contributed by atoms with Crippen molar-refractivity contribution < 1.29 is 173 Å². The summed E-state index contributed by atoms with van der Waals surface area (Å²) in [4.78, 5) is 42.9. The van der Waals surface area contributed by atoms with Gasteiger partial charge in [0.05, 0.1) is 24.9 Å². The molecule has 2 aliphatic rings. The van der Waals surface area contributed by atoms with Gasteiger partial charge in [-0.15, -0.1) is 13.1 Å². The standard InChI is InChI=1S/C15H26N3O9.C14H24N3O10.3Hf/c1-2-6(19)7(20)3-16-10-13(25)11(17-4-8(21)22)15(27)12(14(10)26)18-5-9(23)24;18-4-6(20)5(19)1-15-9-12(25)10(16-2-7(21)22)14(27)11(13(9)26)17-3-8(23)24;;;/h6-7,10-15,19-20,25-27H,2-5H2,1H3,(H,21,22)(H,23,24);5-6,9-14,18-20,25-27H,1-4H2,(H,21,22)(H,23,24);;;/q2*-3;;;/t6?,7-,10?,11?,12?,13?,14?,15?;5?,6-,9?,10?,11?,12?,13?,14?;;;/m01.../s1. The molecule has 28 heteroatoms. The largest absolute Gasteiger partial charge is 0.653 e. The second-order valence-corrected chi connectivity index (χ2v) is 12.4. The molecular weight excluding hydrogens is 1270 g/mol. The van der Waals surface area contributed by atoms with Gasteiger partial charge in [0.15, 0.2) is 0 Å². The van der Waals surface area contributed by atoms with E-state index in [1.807, 2.05) is 0 Å². The minimum Gasteiger partial charge on any atom is -0.653 e. The van der Waals surface area contributed by atoms with Crippen LogP contribution in [0.1, 0.15) is 13.3 Å². The Morgan fingerprint density at radius 3 is 0.825 bits per heavy atom. The summed E-state index contributed by atoms with van der Waals surface area (Å²) in [6.45, 7) is -2.96. The van der Waals surface area contributed by atoms with Crippen LogP contribution in [0.15, 0.2) is 0 Å². The number of aliphatic hydroxyl groups is 11. The average molecular weight is 1320 g/mol. The number of hydrogen-bond acceptors (Lipinski definition) is 15. The molecule has 0 radical (unpaired) electrons. The molecule has 12 atom stereocenters. The molecular formula is C29H50Hf3N6O19-6. The third-order valence-electron chi connectivity index (χ3n) is 8.45. The molecule has 0 saturated heterocycles. The van der Waals surface area contributed by atoms with Crippen molar-refractivity contribution in [1.82, 2.24) is 0 Å². The Morgan fingerprint density at radius 2 is 0.632 bits per heavy atom. The summed E-state index contributed by atoms with van der Waals surface area (Å²) in [5, 5.41) is 167. The van der Waals surface area contributed by atoms with Gasteiger partial charge in [0.2, 0.25) is 0 Å². The Labute approximate surface area is 383 Å². The second kappa shape index (κ2) is 30.8. The fourth-order valence-electron chi connectivity index (χ4n) is 5.55. The maximum absolute atomic E-state index is 10.7. The summed E-state index contributed by atoms with van der Waals surface area (Å²) in [5.74, 6) is -5.30. The predicted octanol–water partition coefficient (Wildman–Crippen LogP) is -6.20. The van der Waals surface area contributed by atoms with E-state index >= 15 is 0 Å². The van der Waals surface area contributed by atoms with E-state index in [2.05, 4.69) is 31.9 Å². The molecule has 2 aliphatic carbocycles. The van der Waals surface area contributed by atoms with Gasteiger partial charge in [0.1, 0.15) is 6.10 Å². The molecule has 0 heterocycles. The number of carbonyl (C=O) groups is 4. The molecule has 2 rings (SSSR count). The molecule has 2 saturated carbocycles. The van der Waals surface area contributed by atoms with E-state index in [4.69, 9.17) is 25.5 Å². The smallest absolute Gasteiger partial charge is 0.282 e. The first-order chi connectivity index (χ1) is 25.2. The number of hydrogen-bond donors (Lipinski definition) is 15. The molecule has 2 fully saturated rings. The molecule has 0 aromatic rings. The minimum atomic E-state index is -1.66. The van der Waals surface area contributed by atoms with Gasteiger partial charge in [0, 0.05) is 114 Å². The monoisotopic (exact) mass is 1330 g/mol. The Bertz CT molecular complexity index is 1030. The van der Waals surface area contributed by atoms with E-state index in [-0.39, 0.29) is 90.5 Å². The maximum Gasteiger partial charge on any atom is 0.282 e. The first-order valence-electron chi connectivity index (χ1n) is 16.5. The third kappa shape index (κ3) is 20.0. The number of carboxylic acids is 4. The second-order valence-electron chi connectivity index (χ2n) is 12.4. The summed E-state index contributed by atoms with van der Waals surface area (Å²) >= 11 is 0. The van der Waals surface area contributed by atoms with E-state index in [0.717, 1.165) is 0 Å². The van der Waals surface area contributed by atoms with Crippen LogP contribution in [0.25, 0.3) is 31.9 Å². The SMILES string of the molecule is CCC(O)[C@@H](O)C[N-]C1C(O)C([N-]CC(=O)O)C(O)C([N-]CC(=O)O)C1O.O=C(O)C[N-]C1C(O)C([N-]CC(=O)O)C(O)C([N-]CC(O)[C@H](O)CO)C1O.[Hf].[Hf].[Hf]. The van der Waals surface area contributed by atoms with Crippen LogP contribution >= 0.6 is 0 Å². The van der Waals surface area contributed by atoms with Gasteiger partial charge in [-0.25, -0.2) is 0 Å². The van der Waals surface area contributed by atoms with Crippen LogP contribution in [-0.4, -0.2) is 244 Å². The van der Waals surface area contributed by atoms with Gasteiger partial charge in [-0.3, -0.25) is 19.2 Å². The average Bonchev–Trinajstić information content (AvgIpc) is 3.09. The molecule has 0 bridgehead atoms. The number of nitrogens with zero attached hydrogens (tertiary/aromatic N) is 6. The molecule has 0 spiro atoms. The first-order valence-corrected chi connectivity index (χ1v) is 16.5. The van der Waals surface area contributed by atoms with Crippen molar-refractivity contribution in [2.24, 2.45) is 0 Å². The quantitative estimate of drug-likeness (QED) is 0.0449. The van der Waals surface area contributed by atoms with Gasteiger partial charge >= 0.3 is 0 Å². The van der Waals surface area contributed by atoms with Crippen molar-refractivity contribution in [3.63, 3.8) is 0 Å². The first kappa shape index (κ1) is 61.1. The Morgan fingerprint density at radius 1 is 0.421 bits per heavy atom. The van der Waals surface area contributed by atoms with Crippen LogP contribution in [0.3, 0.4) is 0 Å². The van der Waals surface area contributed by atoms with Gasteiger partial charge in [-0.05, 0) is 32.6 Å². The van der Waals surface area contributed by atoms with Crippen molar-refractivity contribution in [2.45, 2.75) is 111 Å². The van der Waals surface area contributed by atoms with Crippen molar-refractivity contribution in [3.8, 4) is 0 Å². The van der Waals surface area contributed by atoms with Crippen LogP contribution in [0.4, 0.5) is 0 Å². The maximum atomic E-state index is 10.7. The normalized spacial score (nSPS) is 31.6. The number of rotatable bonds is 22. The van der Waals surface area contributed by atoms with E-state index in [1.54, 1.807) is 6.92 Å². The Kier molecular flexibility index (Phi) is 33.0. The molecule has 0 aliphatic heterocycles. The summed E-state index contributed by atoms with van der Waals surface area (Å²) in [5.41, 5.74) is 0. The van der Waals surface area contributed by atoms with Crippen molar-refractivity contribution in [2.75, 3.05) is 45.9 Å². The molecule has 0 aromatic heterocycles. The molecule has 57 heavy (non-hydrogen) atoms. The van der Waals surface area contributed by atoms with Crippen LogP contribution in [-0.2, 0) is 96.7 Å². The number of carboxylic acid groups (broad SMARTS) is 4. The molecule has 0 amide bonds. The number of aliphatic hydroxyl groups excluding tert-OH is 11. The van der Waals surface area contributed by atoms with E-state index in [9.17, 15) is 70.2 Å². The summed E-state index contributed by atoms with van der Waals surface area (Å²) in [6.07, 6.45) is -14.9.